The number of hydrogen-bond donors (Lipinski definition) is 2. The summed E-state index contributed by atoms with van der Waals surface area (Å²) in [7, 11) is 1.27. The van der Waals surface area contributed by atoms with Crippen molar-refractivity contribution in [2.24, 2.45) is 0 Å². The number of ether oxygens (including phenoxy) is 1. The van der Waals surface area contributed by atoms with Gasteiger partial charge in [-0.15, -0.1) is 0 Å². The molecule has 3 aromatic rings. The van der Waals surface area contributed by atoms with Crippen LogP contribution in [0.5, 0.6) is 0 Å². The zero-order valence-electron chi connectivity index (χ0n) is 14.0. The molecule has 0 aliphatic carbocycles. The summed E-state index contributed by atoms with van der Waals surface area (Å²) < 4.78 is 44.9. The van der Waals surface area contributed by atoms with Gasteiger partial charge in [0.05, 0.1) is 24.0 Å². The minimum atomic E-state index is -1.58. The second kappa shape index (κ2) is 7.73. The zero-order chi connectivity index (χ0) is 19.4. The Morgan fingerprint density at radius 2 is 1.59 bits per heavy atom. The topological polar surface area (TPSA) is 76.1 Å². The molecule has 0 unspecified atom stereocenters. The van der Waals surface area contributed by atoms with Gasteiger partial charge in [-0.25, -0.2) is 27.9 Å². The molecule has 138 valence electrons. The van der Waals surface area contributed by atoms with Gasteiger partial charge in [0.2, 0.25) is 0 Å². The summed E-state index contributed by atoms with van der Waals surface area (Å²) in [6, 6.07) is 9.88. The van der Waals surface area contributed by atoms with Crippen molar-refractivity contribution in [3.63, 3.8) is 0 Å². The van der Waals surface area contributed by atoms with Crippen LogP contribution in [-0.4, -0.2) is 23.0 Å². The lowest BCUT2D eigenvalue weighted by Crippen LogP contribution is -2.06. The van der Waals surface area contributed by atoms with E-state index in [1.54, 1.807) is 24.3 Å². The van der Waals surface area contributed by atoms with Crippen LogP contribution < -0.4 is 10.6 Å². The van der Waals surface area contributed by atoms with E-state index in [4.69, 9.17) is 4.74 Å². The van der Waals surface area contributed by atoms with E-state index in [9.17, 15) is 18.0 Å². The van der Waals surface area contributed by atoms with Gasteiger partial charge in [0.15, 0.2) is 17.5 Å². The quantitative estimate of drug-likeness (QED) is 0.516. The minimum absolute atomic E-state index is 0.132. The molecule has 0 aliphatic rings. The number of nitrogens with zero attached hydrogens (tertiary/aromatic N) is 2. The predicted molar refractivity (Wildman–Crippen MR) is 92.7 cm³/mol. The monoisotopic (exact) mass is 374 g/mol. The fourth-order valence-electron chi connectivity index (χ4n) is 2.27. The Hall–Kier alpha value is -3.62. The first kappa shape index (κ1) is 18.2. The van der Waals surface area contributed by atoms with Crippen LogP contribution in [0.2, 0.25) is 0 Å². The van der Waals surface area contributed by atoms with Gasteiger partial charge in [0.1, 0.15) is 18.0 Å². The normalized spacial score (nSPS) is 10.4. The highest BCUT2D eigenvalue weighted by molar-refractivity contribution is 5.96. The number of para-hydroxylation sites is 1. The number of halogens is 3. The molecule has 0 saturated carbocycles. The van der Waals surface area contributed by atoms with Crippen molar-refractivity contribution >= 4 is 29.0 Å². The van der Waals surface area contributed by atoms with Crippen molar-refractivity contribution in [1.82, 2.24) is 9.97 Å². The van der Waals surface area contributed by atoms with E-state index in [2.05, 4.69) is 20.6 Å². The smallest absolute Gasteiger partial charge is 0.339 e. The maximum absolute atomic E-state index is 13.8. The van der Waals surface area contributed by atoms with Crippen LogP contribution in [0.3, 0.4) is 0 Å². The Kier molecular flexibility index (Phi) is 5.20. The second-order valence-electron chi connectivity index (χ2n) is 5.30. The first-order valence-corrected chi connectivity index (χ1v) is 7.66. The Morgan fingerprint density at radius 1 is 0.926 bits per heavy atom. The van der Waals surface area contributed by atoms with Gasteiger partial charge < -0.3 is 15.4 Å². The van der Waals surface area contributed by atoms with E-state index in [1.807, 2.05) is 0 Å². The molecule has 27 heavy (non-hydrogen) atoms. The lowest BCUT2D eigenvalue weighted by molar-refractivity contribution is 0.0602. The number of benzene rings is 2. The van der Waals surface area contributed by atoms with Crippen molar-refractivity contribution in [2.75, 3.05) is 17.7 Å². The molecule has 1 heterocycles. The molecule has 0 bridgehead atoms. The maximum Gasteiger partial charge on any atom is 0.339 e. The van der Waals surface area contributed by atoms with Crippen molar-refractivity contribution in [2.45, 2.75) is 0 Å². The molecule has 0 atom stereocenters. The molecular weight excluding hydrogens is 361 g/mol. The summed E-state index contributed by atoms with van der Waals surface area (Å²) in [6.07, 6.45) is 1.18. The van der Waals surface area contributed by atoms with Crippen LogP contribution >= 0.6 is 0 Å². The van der Waals surface area contributed by atoms with E-state index in [1.165, 1.54) is 19.5 Å². The van der Waals surface area contributed by atoms with E-state index >= 15 is 0 Å². The first-order valence-electron chi connectivity index (χ1n) is 7.66. The third-order valence-electron chi connectivity index (χ3n) is 3.56. The largest absolute Gasteiger partial charge is 0.465 e. The summed E-state index contributed by atoms with van der Waals surface area (Å²) >= 11 is 0. The molecule has 0 spiro atoms. The average Bonchev–Trinajstić information content (AvgIpc) is 2.68. The third-order valence-corrected chi connectivity index (χ3v) is 3.56. The molecule has 0 radical (unpaired) electrons. The molecule has 6 nitrogen and oxygen atoms in total. The van der Waals surface area contributed by atoms with Crippen LogP contribution in [0.1, 0.15) is 10.4 Å². The lowest BCUT2D eigenvalue weighted by Gasteiger charge is -2.11. The number of aromatic nitrogens is 2. The number of nitrogens with one attached hydrogen (secondary N) is 2. The van der Waals surface area contributed by atoms with Gasteiger partial charge in [-0.2, -0.15) is 0 Å². The molecule has 2 aromatic carbocycles. The van der Waals surface area contributed by atoms with Gasteiger partial charge in [0, 0.05) is 6.07 Å². The van der Waals surface area contributed by atoms with Gasteiger partial charge in [-0.3, -0.25) is 0 Å². The highest BCUT2D eigenvalue weighted by Crippen LogP contribution is 2.25. The SMILES string of the molecule is COC(=O)c1ccccc1Nc1cc(Nc2ccc(F)c(F)c2F)ncn1. The molecule has 2 N–H and O–H groups in total. The van der Waals surface area contributed by atoms with Crippen molar-refractivity contribution in [3.05, 3.63) is 71.8 Å². The van der Waals surface area contributed by atoms with Crippen LogP contribution in [0.25, 0.3) is 0 Å². The van der Waals surface area contributed by atoms with Crippen LogP contribution in [-0.2, 0) is 4.74 Å². The van der Waals surface area contributed by atoms with Crippen molar-refractivity contribution in [1.29, 1.82) is 0 Å². The van der Waals surface area contributed by atoms with Crippen LogP contribution in [0, 0.1) is 17.5 Å². The van der Waals surface area contributed by atoms with E-state index in [0.717, 1.165) is 12.1 Å². The molecule has 0 fully saturated rings. The van der Waals surface area contributed by atoms with Gasteiger partial charge in [-0.1, -0.05) is 12.1 Å². The second-order valence-corrected chi connectivity index (χ2v) is 5.30. The third kappa shape index (κ3) is 3.97. The molecular formula is C18H13F3N4O2. The Balaban J connectivity index is 1.85. The highest BCUT2D eigenvalue weighted by Gasteiger charge is 2.15. The van der Waals surface area contributed by atoms with Crippen molar-refractivity contribution in [3.8, 4) is 0 Å². The molecule has 0 saturated heterocycles. The number of hydrogen-bond acceptors (Lipinski definition) is 6. The minimum Gasteiger partial charge on any atom is -0.465 e. The Bertz CT molecular complexity index is 998. The molecule has 9 heteroatoms. The van der Waals surface area contributed by atoms with Crippen molar-refractivity contribution < 1.29 is 22.7 Å². The number of carbonyl (C=O) groups is 1. The lowest BCUT2D eigenvalue weighted by atomic mass is 10.2. The summed E-state index contributed by atoms with van der Waals surface area (Å²) in [5.74, 6) is -4.35. The number of carbonyl (C=O) groups excluding carboxylic acids is 1. The molecule has 3 rings (SSSR count). The fraction of sp³-hybridized carbons (Fsp3) is 0.0556. The van der Waals surface area contributed by atoms with E-state index in [-0.39, 0.29) is 17.3 Å². The Morgan fingerprint density at radius 3 is 2.30 bits per heavy atom. The van der Waals surface area contributed by atoms with Gasteiger partial charge >= 0.3 is 5.97 Å². The number of methoxy groups -OCH3 is 1. The first-order chi connectivity index (χ1) is 13.0. The molecule has 1 aromatic heterocycles. The number of esters is 1. The Labute approximate surface area is 152 Å². The van der Waals surface area contributed by atoms with Gasteiger partial charge in [-0.05, 0) is 24.3 Å². The summed E-state index contributed by atoms with van der Waals surface area (Å²) in [6.45, 7) is 0. The average molecular weight is 374 g/mol. The number of rotatable bonds is 5. The summed E-state index contributed by atoms with van der Waals surface area (Å²) in [5, 5.41) is 5.48. The molecule has 0 aliphatic heterocycles. The standard InChI is InChI=1S/C18H13F3N4O2/c1-27-18(26)10-4-2-3-5-12(10)24-14-8-15(23-9-22-14)25-13-7-6-11(19)16(20)17(13)21/h2-9H,1H3,(H2,22,23,24,25). The number of anilines is 4. The maximum atomic E-state index is 13.8. The van der Waals surface area contributed by atoms with Crippen LogP contribution in [0.15, 0.2) is 48.8 Å². The predicted octanol–water partition coefficient (Wildman–Crippen LogP) is 4.17. The van der Waals surface area contributed by atoms with Gasteiger partial charge in [0.25, 0.3) is 0 Å². The summed E-state index contributed by atoms with van der Waals surface area (Å²) in [5.41, 5.74) is 0.446. The molecule has 0 amide bonds. The van der Waals surface area contributed by atoms with Crippen LogP contribution in [0.4, 0.5) is 36.2 Å². The fourth-order valence-corrected chi connectivity index (χ4v) is 2.27. The van der Waals surface area contributed by atoms with E-state index < -0.39 is 23.4 Å². The van der Waals surface area contributed by atoms with E-state index in [0.29, 0.717) is 11.3 Å². The summed E-state index contributed by atoms with van der Waals surface area (Å²) in [4.78, 5) is 19.7. The highest BCUT2D eigenvalue weighted by atomic mass is 19.2. The zero-order valence-corrected chi connectivity index (χ0v) is 14.0.